The number of nitrogens with one attached hydrogen (secondary N) is 1. The van der Waals surface area contributed by atoms with Gasteiger partial charge in [0.05, 0.1) is 11.4 Å². The first-order valence-electron chi connectivity index (χ1n) is 11.2. The predicted octanol–water partition coefficient (Wildman–Crippen LogP) is 5.39. The van der Waals surface area contributed by atoms with Crippen molar-refractivity contribution in [2.24, 2.45) is 5.73 Å². The van der Waals surface area contributed by atoms with Gasteiger partial charge in [-0.1, -0.05) is 36.9 Å². The number of urea groups is 1. The smallest absolute Gasteiger partial charge is 0.322 e. The van der Waals surface area contributed by atoms with Gasteiger partial charge in [0.1, 0.15) is 0 Å². The zero-order chi connectivity index (χ0) is 22.7. The second-order valence-electron chi connectivity index (χ2n) is 8.66. The molecule has 1 aromatic heterocycles. The summed E-state index contributed by atoms with van der Waals surface area (Å²) >= 11 is 1.68. The summed E-state index contributed by atoms with van der Waals surface area (Å²) in [7, 11) is 0. The Morgan fingerprint density at radius 1 is 1.19 bits per heavy atom. The Labute approximate surface area is 194 Å². The number of hydrogen-bond acceptors (Lipinski definition) is 4. The summed E-state index contributed by atoms with van der Waals surface area (Å²) in [6, 6.07) is 11.0. The van der Waals surface area contributed by atoms with Crippen LogP contribution in [0.2, 0.25) is 0 Å². The second-order valence-corrected chi connectivity index (χ2v) is 9.61. The van der Waals surface area contributed by atoms with E-state index in [1.54, 1.807) is 22.3 Å². The summed E-state index contributed by atoms with van der Waals surface area (Å²) < 4.78 is 0. The Morgan fingerprint density at radius 3 is 2.66 bits per heavy atom. The van der Waals surface area contributed by atoms with Crippen molar-refractivity contribution in [3.05, 3.63) is 87.4 Å². The van der Waals surface area contributed by atoms with Crippen LogP contribution in [0.5, 0.6) is 0 Å². The van der Waals surface area contributed by atoms with Gasteiger partial charge in [0.25, 0.3) is 0 Å². The van der Waals surface area contributed by atoms with Gasteiger partial charge in [0.2, 0.25) is 0 Å². The van der Waals surface area contributed by atoms with Crippen LogP contribution in [0.1, 0.15) is 54.3 Å². The second kappa shape index (κ2) is 9.76. The van der Waals surface area contributed by atoms with Gasteiger partial charge in [-0.2, -0.15) is 0 Å². The first-order chi connectivity index (χ1) is 15.4. The normalized spacial score (nSPS) is 18.0. The first kappa shape index (κ1) is 22.4. The van der Waals surface area contributed by atoms with Crippen LogP contribution in [0.15, 0.2) is 65.8 Å². The summed E-state index contributed by atoms with van der Waals surface area (Å²) in [5.41, 5.74) is 11.9. The maximum atomic E-state index is 12.8. The van der Waals surface area contributed by atoms with E-state index in [1.165, 1.54) is 47.5 Å². The molecule has 0 saturated carbocycles. The van der Waals surface area contributed by atoms with Crippen molar-refractivity contribution < 1.29 is 4.79 Å². The average Bonchev–Trinajstić information content (AvgIpc) is 3.56. The Morgan fingerprint density at radius 2 is 1.94 bits per heavy atom. The van der Waals surface area contributed by atoms with Crippen LogP contribution in [-0.2, 0) is 13.1 Å². The van der Waals surface area contributed by atoms with Crippen molar-refractivity contribution in [2.75, 3.05) is 13.1 Å². The summed E-state index contributed by atoms with van der Waals surface area (Å²) in [6.45, 7) is 11.8. The molecular formula is C26H32N4OS. The van der Waals surface area contributed by atoms with Crippen LogP contribution in [0.25, 0.3) is 5.57 Å². The molecule has 0 aliphatic carbocycles. The highest BCUT2D eigenvalue weighted by molar-refractivity contribution is 7.11. The van der Waals surface area contributed by atoms with Crippen LogP contribution in [0.3, 0.4) is 0 Å². The number of nitrogens with two attached hydrogens (primary N) is 1. The lowest BCUT2D eigenvalue weighted by Gasteiger charge is -2.24. The Kier molecular flexibility index (Phi) is 6.82. The van der Waals surface area contributed by atoms with Gasteiger partial charge >= 0.3 is 6.03 Å². The van der Waals surface area contributed by atoms with Crippen LogP contribution in [0, 0.1) is 0 Å². The molecule has 0 radical (unpaired) electrons. The minimum absolute atomic E-state index is 0.171. The number of hydrogen-bond donors (Lipinski definition) is 2. The Hall–Kier alpha value is -2.83. The van der Waals surface area contributed by atoms with Gasteiger partial charge in [-0.25, -0.2) is 4.79 Å². The number of amides is 2. The quantitative estimate of drug-likeness (QED) is 0.583. The number of carbonyl (C=O) groups excluding carboxylic acids is 1. The molecule has 0 spiro atoms. The molecule has 4 rings (SSSR count). The summed E-state index contributed by atoms with van der Waals surface area (Å²) in [4.78, 5) is 18.4. The largest absolute Gasteiger partial charge is 0.397 e. The molecule has 2 amide bonds. The fourth-order valence-electron chi connectivity index (χ4n) is 4.34. The number of carbonyl (C=O) groups is 1. The SMILES string of the molecule is C=C(NC(=O)N1Cc2ccc(C(C)N3CCCC3)cc2C1)/C(N)=C\C=C(/C)c1cccs1. The molecule has 2 aromatic rings. The molecule has 2 aliphatic heterocycles. The standard InChI is InChI=1S/C26H32N4OS/c1-18(25-7-6-14-32-25)8-11-24(27)19(2)28-26(31)30-16-22-10-9-21(15-23(22)17-30)20(3)29-12-4-5-13-29/h6-11,14-15,20H,2,4-5,12-13,16-17,27H2,1,3H3,(H,28,31)/b18-8+,24-11+. The van der Waals surface area contributed by atoms with Crippen LogP contribution in [-0.4, -0.2) is 28.9 Å². The van der Waals surface area contributed by atoms with Gasteiger partial charge in [0.15, 0.2) is 0 Å². The average molecular weight is 449 g/mol. The zero-order valence-corrected chi connectivity index (χ0v) is 19.8. The van der Waals surface area contributed by atoms with Crippen molar-refractivity contribution in [1.82, 2.24) is 15.1 Å². The third-order valence-electron chi connectivity index (χ3n) is 6.44. The topological polar surface area (TPSA) is 61.6 Å². The van der Waals surface area contributed by atoms with Crippen molar-refractivity contribution in [3.8, 4) is 0 Å². The highest BCUT2D eigenvalue weighted by Crippen LogP contribution is 2.30. The fourth-order valence-corrected chi connectivity index (χ4v) is 5.05. The molecule has 0 bridgehead atoms. The van der Waals surface area contributed by atoms with Gasteiger partial charge in [-0.05, 0) is 79.6 Å². The van der Waals surface area contributed by atoms with E-state index in [0.717, 1.165) is 5.57 Å². The van der Waals surface area contributed by atoms with Crippen molar-refractivity contribution in [2.45, 2.75) is 45.8 Å². The van der Waals surface area contributed by atoms with Crippen LogP contribution >= 0.6 is 11.3 Å². The number of rotatable bonds is 6. The summed E-state index contributed by atoms with van der Waals surface area (Å²) in [5, 5.41) is 4.91. The van der Waals surface area contributed by atoms with Gasteiger partial charge in [-0.3, -0.25) is 4.90 Å². The van der Waals surface area contributed by atoms with Crippen LogP contribution in [0.4, 0.5) is 4.79 Å². The molecule has 1 fully saturated rings. The van der Waals surface area contributed by atoms with Crippen molar-refractivity contribution >= 4 is 22.9 Å². The van der Waals surface area contributed by atoms with Gasteiger partial charge in [0, 0.05) is 24.0 Å². The molecular weight excluding hydrogens is 416 g/mol. The maximum Gasteiger partial charge on any atom is 0.322 e. The first-order valence-corrected chi connectivity index (χ1v) is 12.1. The van der Waals surface area contributed by atoms with E-state index in [1.807, 2.05) is 24.4 Å². The van der Waals surface area contributed by atoms with Gasteiger partial charge < -0.3 is 16.0 Å². The highest BCUT2D eigenvalue weighted by Gasteiger charge is 2.26. The molecule has 3 heterocycles. The maximum absolute atomic E-state index is 12.8. The molecule has 5 nitrogen and oxygen atoms in total. The molecule has 1 atom stereocenters. The molecule has 2 aliphatic rings. The number of benzene rings is 1. The van der Waals surface area contributed by atoms with Gasteiger partial charge in [-0.15, -0.1) is 11.3 Å². The Balaban J connectivity index is 1.35. The third-order valence-corrected chi connectivity index (χ3v) is 7.44. The Bertz CT molecular complexity index is 1050. The van der Waals surface area contributed by atoms with E-state index in [4.69, 9.17) is 5.73 Å². The number of likely N-dealkylation sites (tertiary alicyclic amines) is 1. The number of allylic oxidation sites excluding steroid dienone is 3. The number of nitrogens with zero attached hydrogens (tertiary/aromatic N) is 2. The van der Waals surface area contributed by atoms with E-state index in [-0.39, 0.29) is 6.03 Å². The monoisotopic (exact) mass is 448 g/mol. The van der Waals surface area contributed by atoms with E-state index in [0.29, 0.717) is 30.5 Å². The lowest BCUT2D eigenvalue weighted by Crippen LogP contribution is -2.36. The molecule has 168 valence electrons. The van der Waals surface area contributed by atoms with Crippen LogP contribution < -0.4 is 11.1 Å². The highest BCUT2D eigenvalue weighted by atomic mass is 32.1. The molecule has 1 aromatic carbocycles. The van der Waals surface area contributed by atoms with E-state index in [2.05, 4.69) is 48.0 Å². The van der Waals surface area contributed by atoms with E-state index < -0.39 is 0 Å². The third kappa shape index (κ3) is 4.97. The minimum atomic E-state index is -0.171. The number of thiophene rings is 1. The summed E-state index contributed by atoms with van der Waals surface area (Å²) in [5.74, 6) is 0. The minimum Gasteiger partial charge on any atom is -0.397 e. The predicted molar refractivity (Wildman–Crippen MR) is 133 cm³/mol. The van der Waals surface area contributed by atoms with E-state index >= 15 is 0 Å². The summed E-state index contributed by atoms with van der Waals surface area (Å²) in [6.07, 6.45) is 6.32. The van der Waals surface area contributed by atoms with Crippen molar-refractivity contribution in [1.29, 1.82) is 0 Å². The molecule has 6 heteroatoms. The molecule has 1 unspecified atom stereocenters. The van der Waals surface area contributed by atoms with E-state index in [9.17, 15) is 4.79 Å². The lowest BCUT2D eigenvalue weighted by molar-refractivity contribution is 0.201. The zero-order valence-electron chi connectivity index (χ0n) is 18.9. The molecule has 32 heavy (non-hydrogen) atoms. The van der Waals surface area contributed by atoms with Crippen molar-refractivity contribution in [3.63, 3.8) is 0 Å². The molecule has 3 N–H and O–H groups in total. The molecule has 1 saturated heterocycles. The number of fused-ring (bicyclic) bond motifs is 1. The lowest BCUT2D eigenvalue weighted by atomic mass is 10.0. The fraction of sp³-hybridized carbons (Fsp3) is 0.346.